The lowest BCUT2D eigenvalue weighted by Crippen LogP contribution is -2.30. The van der Waals surface area contributed by atoms with Gasteiger partial charge in [0.1, 0.15) is 0 Å². The van der Waals surface area contributed by atoms with Gasteiger partial charge in [0.15, 0.2) is 5.78 Å². The molecule has 0 saturated carbocycles. The summed E-state index contributed by atoms with van der Waals surface area (Å²) in [5.74, 6) is 0.536. The van der Waals surface area contributed by atoms with Crippen molar-refractivity contribution in [3.63, 3.8) is 0 Å². The van der Waals surface area contributed by atoms with Gasteiger partial charge in [-0.25, -0.2) is 0 Å². The minimum absolute atomic E-state index is 0.0392. The normalized spacial score (nSPS) is 10.7. The van der Waals surface area contributed by atoms with Crippen LogP contribution in [0.25, 0.3) is 0 Å². The first-order valence-electron chi connectivity index (χ1n) is 7.15. The zero-order valence-electron chi connectivity index (χ0n) is 13.2. The number of aryl methyl sites for hydroxylation is 2. The van der Waals surface area contributed by atoms with Gasteiger partial charge in [0, 0.05) is 32.0 Å². The highest BCUT2D eigenvalue weighted by molar-refractivity contribution is 5.99. The van der Waals surface area contributed by atoms with Crippen molar-refractivity contribution < 1.29 is 9.59 Å². The van der Waals surface area contributed by atoms with Crippen LogP contribution in [0.1, 0.15) is 48.2 Å². The van der Waals surface area contributed by atoms with E-state index in [9.17, 15) is 9.59 Å². The van der Waals surface area contributed by atoms with E-state index in [0.717, 1.165) is 23.2 Å². The number of hydrogen-bond acceptors (Lipinski definition) is 2. The van der Waals surface area contributed by atoms with E-state index in [1.54, 1.807) is 11.9 Å². The van der Waals surface area contributed by atoms with E-state index in [2.05, 4.69) is 13.8 Å². The van der Waals surface area contributed by atoms with Gasteiger partial charge in [-0.2, -0.15) is 0 Å². The highest BCUT2D eigenvalue weighted by Gasteiger charge is 2.14. The van der Waals surface area contributed by atoms with E-state index in [1.165, 1.54) is 0 Å². The number of rotatable bonds is 6. The number of benzene rings is 1. The first-order chi connectivity index (χ1) is 9.31. The average Bonchev–Trinajstić information content (AvgIpc) is 2.37. The van der Waals surface area contributed by atoms with Gasteiger partial charge in [0.05, 0.1) is 0 Å². The minimum atomic E-state index is 0.0392. The molecule has 20 heavy (non-hydrogen) atoms. The lowest BCUT2D eigenvalue weighted by Gasteiger charge is -2.19. The maximum absolute atomic E-state index is 12.2. The minimum Gasteiger partial charge on any atom is -0.345 e. The Kier molecular flexibility index (Phi) is 5.93. The lowest BCUT2D eigenvalue weighted by molar-refractivity contribution is -0.130. The van der Waals surface area contributed by atoms with Crippen LogP contribution in [0, 0.1) is 19.8 Å². The first kappa shape index (κ1) is 16.4. The van der Waals surface area contributed by atoms with Crippen molar-refractivity contribution in [2.45, 2.75) is 40.5 Å². The van der Waals surface area contributed by atoms with Crippen LogP contribution in [-0.4, -0.2) is 30.2 Å². The van der Waals surface area contributed by atoms with Crippen molar-refractivity contribution in [2.24, 2.45) is 5.92 Å². The highest BCUT2D eigenvalue weighted by atomic mass is 16.2. The third kappa shape index (κ3) is 4.80. The standard InChI is InChI=1S/C17H25NO2/c1-12(2)11-18(5)17(20)9-8-16(19)15-10-13(3)6-7-14(15)4/h6-7,10,12H,8-9,11H2,1-5H3. The predicted molar refractivity (Wildman–Crippen MR) is 82.0 cm³/mol. The smallest absolute Gasteiger partial charge is 0.222 e. The van der Waals surface area contributed by atoms with Gasteiger partial charge >= 0.3 is 0 Å². The summed E-state index contributed by atoms with van der Waals surface area (Å²) in [6.07, 6.45) is 0.570. The Morgan fingerprint density at radius 2 is 1.80 bits per heavy atom. The van der Waals surface area contributed by atoms with Crippen LogP contribution in [0.4, 0.5) is 0 Å². The van der Waals surface area contributed by atoms with Gasteiger partial charge in [0.2, 0.25) is 5.91 Å². The summed E-state index contributed by atoms with van der Waals surface area (Å²) in [4.78, 5) is 25.8. The van der Waals surface area contributed by atoms with Crippen LogP contribution in [0.5, 0.6) is 0 Å². The Balaban J connectivity index is 2.59. The number of hydrogen-bond donors (Lipinski definition) is 0. The molecule has 110 valence electrons. The monoisotopic (exact) mass is 275 g/mol. The SMILES string of the molecule is Cc1ccc(C)c(C(=O)CCC(=O)N(C)CC(C)C)c1. The average molecular weight is 275 g/mol. The molecule has 0 N–H and O–H groups in total. The molecule has 1 rings (SSSR count). The summed E-state index contributed by atoms with van der Waals surface area (Å²) in [6.45, 7) is 8.78. The summed E-state index contributed by atoms with van der Waals surface area (Å²) < 4.78 is 0. The van der Waals surface area contributed by atoms with Crippen LogP contribution in [0.15, 0.2) is 18.2 Å². The lowest BCUT2D eigenvalue weighted by atomic mass is 9.99. The molecule has 0 radical (unpaired) electrons. The summed E-state index contributed by atoms with van der Waals surface area (Å²) in [5, 5.41) is 0. The fourth-order valence-corrected chi connectivity index (χ4v) is 2.23. The van der Waals surface area contributed by atoms with Gasteiger partial charge < -0.3 is 4.90 Å². The van der Waals surface area contributed by atoms with Crippen LogP contribution in [-0.2, 0) is 4.79 Å². The van der Waals surface area contributed by atoms with Crippen LogP contribution in [0.2, 0.25) is 0 Å². The second-order valence-electron chi connectivity index (χ2n) is 5.91. The Morgan fingerprint density at radius 3 is 2.40 bits per heavy atom. The van der Waals surface area contributed by atoms with Crippen LogP contribution >= 0.6 is 0 Å². The molecule has 0 saturated heterocycles. The first-order valence-corrected chi connectivity index (χ1v) is 7.15. The molecule has 1 amide bonds. The molecule has 0 aliphatic heterocycles. The van der Waals surface area contributed by atoms with E-state index >= 15 is 0 Å². The fourth-order valence-electron chi connectivity index (χ4n) is 2.23. The third-order valence-electron chi connectivity index (χ3n) is 3.32. The number of ketones is 1. The molecule has 0 atom stereocenters. The van der Waals surface area contributed by atoms with E-state index in [4.69, 9.17) is 0 Å². The largest absolute Gasteiger partial charge is 0.345 e. The molecular formula is C17H25NO2. The highest BCUT2D eigenvalue weighted by Crippen LogP contribution is 2.14. The molecule has 0 fully saturated rings. The van der Waals surface area contributed by atoms with Crippen LogP contribution in [0.3, 0.4) is 0 Å². The second-order valence-corrected chi connectivity index (χ2v) is 5.91. The molecule has 0 aliphatic rings. The summed E-state index contributed by atoms with van der Waals surface area (Å²) in [7, 11) is 1.80. The number of Topliss-reactive ketones (excluding diaryl/α,β-unsaturated/α-hetero) is 1. The molecule has 0 aromatic heterocycles. The molecule has 3 nitrogen and oxygen atoms in total. The van der Waals surface area contributed by atoms with E-state index in [-0.39, 0.29) is 24.5 Å². The molecule has 0 spiro atoms. The molecule has 0 aliphatic carbocycles. The topological polar surface area (TPSA) is 37.4 Å². The Bertz CT molecular complexity index is 492. The molecular weight excluding hydrogens is 250 g/mol. The van der Waals surface area contributed by atoms with Crippen molar-refractivity contribution in [1.29, 1.82) is 0 Å². The van der Waals surface area contributed by atoms with Gasteiger partial charge in [0.25, 0.3) is 0 Å². The van der Waals surface area contributed by atoms with Crippen molar-refractivity contribution in [3.05, 3.63) is 34.9 Å². The summed E-state index contributed by atoms with van der Waals surface area (Å²) >= 11 is 0. The van der Waals surface area contributed by atoms with Crippen molar-refractivity contribution in [1.82, 2.24) is 4.90 Å². The molecule has 1 aromatic carbocycles. The van der Waals surface area contributed by atoms with E-state index < -0.39 is 0 Å². The number of nitrogens with zero attached hydrogens (tertiary/aromatic N) is 1. The number of amides is 1. The molecule has 0 bridgehead atoms. The zero-order valence-corrected chi connectivity index (χ0v) is 13.2. The summed E-state index contributed by atoms with van der Waals surface area (Å²) in [6, 6.07) is 5.85. The third-order valence-corrected chi connectivity index (χ3v) is 3.32. The maximum Gasteiger partial charge on any atom is 0.222 e. The predicted octanol–water partition coefficient (Wildman–Crippen LogP) is 3.38. The van der Waals surface area contributed by atoms with E-state index in [1.807, 2.05) is 32.0 Å². The van der Waals surface area contributed by atoms with Gasteiger partial charge in [-0.1, -0.05) is 31.5 Å². The number of carbonyl (C=O) groups excluding carboxylic acids is 2. The van der Waals surface area contributed by atoms with Crippen LogP contribution < -0.4 is 0 Å². The van der Waals surface area contributed by atoms with Gasteiger partial charge in [-0.3, -0.25) is 9.59 Å². The second kappa shape index (κ2) is 7.22. The number of carbonyl (C=O) groups is 2. The van der Waals surface area contributed by atoms with Crippen molar-refractivity contribution in [3.8, 4) is 0 Å². The van der Waals surface area contributed by atoms with Crippen molar-refractivity contribution >= 4 is 11.7 Å². The van der Waals surface area contributed by atoms with E-state index in [0.29, 0.717) is 5.92 Å². The summed E-state index contributed by atoms with van der Waals surface area (Å²) in [5.41, 5.74) is 2.79. The zero-order chi connectivity index (χ0) is 15.3. The van der Waals surface area contributed by atoms with Gasteiger partial charge in [-0.15, -0.1) is 0 Å². The Hall–Kier alpha value is -1.64. The Morgan fingerprint density at radius 1 is 1.15 bits per heavy atom. The Labute approximate surface area is 122 Å². The molecule has 3 heteroatoms. The fraction of sp³-hybridized carbons (Fsp3) is 0.529. The molecule has 0 unspecified atom stereocenters. The molecule has 1 aromatic rings. The van der Waals surface area contributed by atoms with Gasteiger partial charge in [-0.05, 0) is 31.4 Å². The molecule has 0 heterocycles. The maximum atomic E-state index is 12.2. The quantitative estimate of drug-likeness (QED) is 0.746. The van der Waals surface area contributed by atoms with Crippen molar-refractivity contribution in [2.75, 3.05) is 13.6 Å².